The van der Waals surface area contributed by atoms with Gasteiger partial charge >= 0.3 is 0 Å². The average Bonchev–Trinajstić information content (AvgIpc) is 2.86. The number of aryl methyl sites for hydroxylation is 1. The van der Waals surface area contributed by atoms with Crippen LogP contribution < -0.4 is 5.32 Å². The molecule has 1 aromatic carbocycles. The summed E-state index contributed by atoms with van der Waals surface area (Å²) < 4.78 is 0. The van der Waals surface area contributed by atoms with E-state index >= 15 is 0 Å². The maximum Gasteiger partial charge on any atom is 0.253 e. The lowest BCUT2D eigenvalue weighted by Gasteiger charge is -2.26. The Morgan fingerprint density at radius 2 is 2.24 bits per heavy atom. The molecule has 116 valence electrons. The molecule has 4 heteroatoms. The molecule has 1 aliphatic rings. The van der Waals surface area contributed by atoms with Crippen LogP contribution in [0.5, 0.6) is 0 Å². The summed E-state index contributed by atoms with van der Waals surface area (Å²) in [5.74, 6) is 0.112. The number of nitrogens with zero attached hydrogens (tertiary/aromatic N) is 2. The van der Waals surface area contributed by atoms with Gasteiger partial charge in [-0.3, -0.25) is 4.79 Å². The molecule has 2 rings (SSSR count). The van der Waals surface area contributed by atoms with Crippen LogP contribution in [-0.2, 0) is 0 Å². The van der Waals surface area contributed by atoms with Crippen molar-refractivity contribution in [1.82, 2.24) is 9.80 Å². The summed E-state index contributed by atoms with van der Waals surface area (Å²) in [4.78, 5) is 16.8. The molecular formula is C17H27N3O. The monoisotopic (exact) mass is 289 g/mol. The van der Waals surface area contributed by atoms with E-state index in [1.807, 2.05) is 37.1 Å². The Bertz CT molecular complexity index is 501. The zero-order chi connectivity index (χ0) is 15.4. The lowest BCUT2D eigenvalue weighted by Crippen LogP contribution is -2.39. The standard InChI is InChI=1S/C17H27N3O/c1-5-18-16-9-8-14(11-13(16)2)17(21)20(4)12-15-7-6-10-19(15)3/h8-9,11,15,18H,5-7,10,12H2,1-4H3. The first-order valence-corrected chi connectivity index (χ1v) is 7.83. The summed E-state index contributed by atoms with van der Waals surface area (Å²) in [6.45, 7) is 6.96. The first kappa shape index (κ1) is 15.8. The first-order valence-electron chi connectivity index (χ1n) is 7.83. The van der Waals surface area contributed by atoms with Gasteiger partial charge in [0.15, 0.2) is 0 Å². The number of rotatable bonds is 5. The zero-order valence-corrected chi connectivity index (χ0v) is 13.6. The predicted molar refractivity (Wildman–Crippen MR) is 88.0 cm³/mol. The number of likely N-dealkylation sites (N-methyl/N-ethyl adjacent to an activating group) is 2. The van der Waals surface area contributed by atoms with Crippen LogP contribution in [-0.4, -0.2) is 55.5 Å². The molecule has 0 saturated carbocycles. The molecule has 1 aliphatic heterocycles. The number of carbonyl (C=O) groups excluding carboxylic acids is 1. The quantitative estimate of drug-likeness (QED) is 0.905. The Kier molecular flexibility index (Phi) is 5.23. The van der Waals surface area contributed by atoms with E-state index in [9.17, 15) is 4.79 Å². The number of hydrogen-bond donors (Lipinski definition) is 1. The largest absolute Gasteiger partial charge is 0.385 e. The second kappa shape index (κ2) is 6.94. The lowest BCUT2D eigenvalue weighted by atomic mass is 10.1. The fraction of sp³-hybridized carbons (Fsp3) is 0.588. The van der Waals surface area contributed by atoms with Gasteiger partial charge in [0.2, 0.25) is 0 Å². The number of nitrogens with one attached hydrogen (secondary N) is 1. The predicted octanol–water partition coefficient (Wildman–Crippen LogP) is 2.59. The number of amides is 1. The van der Waals surface area contributed by atoms with Gasteiger partial charge in [-0.25, -0.2) is 0 Å². The maximum atomic E-state index is 12.5. The van der Waals surface area contributed by atoms with Gasteiger partial charge in [-0.15, -0.1) is 0 Å². The molecule has 1 heterocycles. The summed E-state index contributed by atoms with van der Waals surface area (Å²) in [6.07, 6.45) is 2.42. The van der Waals surface area contributed by atoms with E-state index in [0.29, 0.717) is 6.04 Å². The number of carbonyl (C=O) groups is 1. The van der Waals surface area contributed by atoms with Gasteiger partial charge in [0.1, 0.15) is 0 Å². The molecule has 0 radical (unpaired) electrons. The maximum absolute atomic E-state index is 12.5. The molecule has 0 bridgehead atoms. The minimum atomic E-state index is 0.112. The summed E-state index contributed by atoms with van der Waals surface area (Å²) in [7, 11) is 4.05. The second-order valence-electron chi connectivity index (χ2n) is 6.02. The van der Waals surface area contributed by atoms with Crippen molar-refractivity contribution in [2.75, 3.05) is 39.0 Å². The average molecular weight is 289 g/mol. The van der Waals surface area contributed by atoms with Crippen LogP contribution >= 0.6 is 0 Å². The van der Waals surface area contributed by atoms with E-state index in [-0.39, 0.29) is 5.91 Å². The Labute approximate surface area is 128 Å². The van der Waals surface area contributed by atoms with Crippen molar-refractivity contribution in [3.63, 3.8) is 0 Å². The number of likely N-dealkylation sites (tertiary alicyclic amines) is 1. The Balaban J connectivity index is 2.03. The van der Waals surface area contributed by atoms with Crippen LogP contribution in [0.15, 0.2) is 18.2 Å². The number of hydrogen-bond acceptors (Lipinski definition) is 3. The fourth-order valence-corrected chi connectivity index (χ4v) is 3.01. The van der Waals surface area contributed by atoms with Gasteiger partial charge in [0.25, 0.3) is 5.91 Å². The Hall–Kier alpha value is -1.55. The van der Waals surface area contributed by atoms with Crippen LogP contribution in [0.4, 0.5) is 5.69 Å². The SMILES string of the molecule is CCNc1ccc(C(=O)N(C)CC2CCCN2C)cc1C. The smallest absolute Gasteiger partial charge is 0.253 e. The third-order valence-corrected chi connectivity index (χ3v) is 4.34. The highest BCUT2D eigenvalue weighted by Gasteiger charge is 2.24. The molecule has 21 heavy (non-hydrogen) atoms. The topological polar surface area (TPSA) is 35.6 Å². The molecule has 1 N–H and O–H groups in total. The zero-order valence-electron chi connectivity index (χ0n) is 13.6. The first-order chi connectivity index (χ1) is 10.0. The van der Waals surface area contributed by atoms with Gasteiger partial charge in [-0.2, -0.15) is 0 Å². The van der Waals surface area contributed by atoms with Crippen molar-refractivity contribution in [2.24, 2.45) is 0 Å². The summed E-state index contributed by atoms with van der Waals surface area (Å²) in [6, 6.07) is 6.40. The van der Waals surface area contributed by atoms with Crippen LogP contribution in [0.2, 0.25) is 0 Å². The molecule has 1 unspecified atom stereocenters. The van der Waals surface area contributed by atoms with Crippen LogP contribution in [0, 0.1) is 6.92 Å². The van der Waals surface area contributed by atoms with E-state index in [1.54, 1.807) is 0 Å². The van der Waals surface area contributed by atoms with Crippen LogP contribution in [0.25, 0.3) is 0 Å². The molecule has 0 spiro atoms. The molecule has 1 fully saturated rings. The molecule has 1 aromatic rings. The molecule has 1 amide bonds. The van der Waals surface area contributed by atoms with Gasteiger partial charge in [-0.05, 0) is 64.0 Å². The lowest BCUT2D eigenvalue weighted by molar-refractivity contribution is 0.0761. The van der Waals surface area contributed by atoms with Crippen molar-refractivity contribution in [2.45, 2.75) is 32.7 Å². The normalized spacial score (nSPS) is 18.8. The highest BCUT2D eigenvalue weighted by Crippen LogP contribution is 2.19. The molecule has 1 atom stereocenters. The number of anilines is 1. The number of benzene rings is 1. The third kappa shape index (κ3) is 3.76. The third-order valence-electron chi connectivity index (χ3n) is 4.34. The van der Waals surface area contributed by atoms with Crippen LogP contribution in [0.3, 0.4) is 0 Å². The highest BCUT2D eigenvalue weighted by molar-refractivity contribution is 5.94. The molecule has 0 aromatic heterocycles. The minimum absolute atomic E-state index is 0.112. The van der Waals surface area contributed by atoms with Gasteiger partial charge in [-0.1, -0.05) is 0 Å². The van der Waals surface area contributed by atoms with E-state index in [2.05, 4.69) is 24.2 Å². The molecule has 1 saturated heterocycles. The van der Waals surface area contributed by atoms with Gasteiger partial charge < -0.3 is 15.1 Å². The summed E-state index contributed by atoms with van der Waals surface area (Å²) in [5.41, 5.74) is 3.00. The Morgan fingerprint density at radius 3 is 2.81 bits per heavy atom. The minimum Gasteiger partial charge on any atom is -0.385 e. The van der Waals surface area contributed by atoms with Crippen molar-refractivity contribution < 1.29 is 4.79 Å². The van der Waals surface area contributed by atoms with Crippen molar-refractivity contribution in [3.8, 4) is 0 Å². The molecular weight excluding hydrogens is 262 g/mol. The van der Waals surface area contributed by atoms with Gasteiger partial charge in [0, 0.05) is 37.4 Å². The Morgan fingerprint density at radius 1 is 1.48 bits per heavy atom. The summed E-state index contributed by atoms with van der Waals surface area (Å²) in [5, 5.41) is 3.30. The molecule has 0 aliphatic carbocycles. The highest BCUT2D eigenvalue weighted by atomic mass is 16.2. The van der Waals surface area contributed by atoms with E-state index in [0.717, 1.165) is 36.4 Å². The van der Waals surface area contributed by atoms with E-state index in [1.165, 1.54) is 12.8 Å². The van der Waals surface area contributed by atoms with E-state index < -0.39 is 0 Å². The fourth-order valence-electron chi connectivity index (χ4n) is 3.01. The van der Waals surface area contributed by atoms with Crippen molar-refractivity contribution in [1.29, 1.82) is 0 Å². The van der Waals surface area contributed by atoms with Crippen molar-refractivity contribution >= 4 is 11.6 Å². The molecule has 4 nitrogen and oxygen atoms in total. The van der Waals surface area contributed by atoms with E-state index in [4.69, 9.17) is 0 Å². The van der Waals surface area contributed by atoms with Gasteiger partial charge in [0.05, 0.1) is 0 Å². The van der Waals surface area contributed by atoms with Crippen molar-refractivity contribution in [3.05, 3.63) is 29.3 Å². The summed E-state index contributed by atoms with van der Waals surface area (Å²) >= 11 is 0. The van der Waals surface area contributed by atoms with Crippen LogP contribution in [0.1, 0.15) is 35.7 Å². The second-order valence-corrected chi connectivity index (χ2v) is 6.02.